The Morgan fingerprint density at radius 3 is 2.61 bits per heavy atom. The first-order chi connectivity index (χ1) is 15.7. The van der Waals surface area contributed by atoms with Gasteiger partial charge in [0, 0.05) is 37.5 Å². The molecule has 4 heteroatoms. The van der Waals surface area contributed by atoms with Crippen molar-refractivity contribution in [1.82, 2.24) is 10.2 Å². The van der Waals surface area contributed by atoms with E-state index in [1.807, 2.05) is 12.1 Å². The summed E-state index contributed by atoms with van der Waals surface area (Å²) in [4.78, 5) is 2.53. The Balaban J connectivity index is 1.43. The molecule has 2 aliphatic carbocycles. The predicted molar refractivity (Wildman–Crippen MR) is 138 cm³/mol. The van der Waals surface area contributed by atoms with Crippen LogP contribution >= 0.6 is 0 Å². The fourth-order valence-electron chi connectivity index (χ4n) is 5.89. The van der Waals surface area contributed by atoms with Gasteiger partial charge in [-0.3, -0.25) is 4.90 Å². The molecule has 0 radical (unpaired) electrons. The number of nitrogens with zero attached hydrogens (tertiary/aromatic N) is 1. The summed E-state index contributed by atoms with van der Waals surface area (Å²) in [6.07, 6.45) is 9.28. The lowest BCUT2D eigenvalue weighted by Crippen LogP contribution is -2.41. The molecule has 0 bridgehead atoms. The van der Waals surface area contributed by atoms with Gasteiger partial charge >= 0.3 is 0 Å². The maximum Gasteiger partial charge on any atom is 0.0761 e. The maximum atomic E-state index is 10.6. The summed E-state index contributed by atoms with van der Waals surface area (Å²) in [5.41, 5.74) is 3.90. The molecular formula is C29H46N2O2. The number of hydrogen-bond donors (Lipinski definition) is 3. The number of fused-ring (bicyclic) bond motifs is 1. The van der Waals surface area contributed by atoms with Gasteiger partial charge in [-0.2, -0.15) is 0 Å². The van der Waals surface area contributed by atoms with Gasteiger partial charge in [0.25, 0.3) is 0 Å². The van der Waals surface area contributed by atoms with Gasteiger partial charge < -0.3 is 15.5 Å². The Kier molecular flexibility index (Phi) is 9.75. The Morgan fingerprint density at radius 1 is 1.15 bits per heavy atom. The summed E-state index contributed by atoms with van der Waals surface area (Å²) >= 11 is 0. The molecule has 5 atom stereocenters. The standard InChI is InChI=1S/C29H46N2O2/c1-20(2)31(21(3)4)14-13-30-12-11-24-16-25-19-29(33)27(28(25)18-24)10-9-26(32)17-23-8-6-7-22(5)15-23/h6-10,15-16,20-21,25-30,32-33H,11-14,17-19H2,1-5H3/b10-9+/t25-,26+,27+,28-,29+/m0/s1. The molecule has 2 aliphatic rings. The highest BCUT2D eigenvalue weighted by atomic mass is 16.3. The highest BCUT2D eigenvalue weighted by molar-refractivity contribution is 5.24. The molecule has 0 unspecified atom stereocenters. The molecular weight excluding hydrogens is 408 g/mol. The quantitative estimate of drug-likeness (QED) is 0.322. The van der Waals surface area contributed by atoms with Crippen molar-refractivity contribution < 1.29 is 10.2 Å². The van der Waals surface area contributed by atoms with Gasteiger partial charge in [-0.1, -0.05) is 53.6 Å². The summed E-state index contributed by atoms with van der Waals surface area (Å²) in [6, 6.07) is 9.47. The molecule has 0 aliphatic heterocycles. The second kappa shape index (κ2) is 12.3. The Labute approximate surface area is 201 Å². The fraction of sp³-hybridized carbons (Fsp3) is 0.655. The van der Waals surface area contributed by atoms with Crippen LogP contribution in [0.2, 0.25) is 0 Å². The zero-order valence-corrected chi connectivity index (χ0v) is 21.4. The molecule has 1 aromatic rings. The molecule has 4 nitrogen and oxygen atoms in total. The van der Waals surface area contributed by atoms with E-state index in [0.29, 0.717) is 30.3 Å². The summed E-state index contributed by atoms with van der Waals surface area (Å²) in [7, 11) is 0. The molecule has 184 valence electrons. The largest absolute Gasteiger partial charge is 0.392 e. The van der Waals surface area contributed by atoms with Gasteiger partial charge in [0.05, 0.1) is 12.2 Å². The van der Waals surface area contributed by atoms with Crippen LogP contribution in [-0.2, 0) is 6.42 Å². The number of aliphatic hydroxyl groups excluding tert-OH is 2. The van der Waals surface area contributed by atoms with Crippen molar-refractivity contribution in [2.75, 3.05) is 19.6 Å². The molecule has 1 saturated carbocycles. The van der Waals surface area contributed by atoms with Crippen LogP contribution in [0.5, 0.6) is 0 Å². The number of rotatable bonds is 12. The lowest BCUT2D eigenvalue weighted by atomic mass is 9.88. The number of aryl methyl sites for hydroxylation is 1. The third-order valence-electron chi connectivity index (χ3n) is 7.53. The minimum Gasteiger partial charge on any atom is -0.392 e. The second-order valence-corrected chi connectivity index (χ2v) is 10.8. The van der Waals surface area contributed by atoms with Crippen LogP contribution in [-0.4, -0.2) is 59.0 Å². The molecule has 1 fully saturated rings. The fourth-order valence-corrected chi connectivity index (χ4v) is 5.89. The Morgan fingerprint density at radius 2 is 1.91 bits per heavy atom. The normalized spacial score (nSPS) is 26.1. The van der Waals surface area contributed by atoms with Gasteiger partial charge in [-0.25, -0.2) is 0 Å². The van der Waals surface area contributed by atoms with Gasteiger partial charge in [0.1, 0.15) is 0 Å². The average Bonchev–Trinajstić information content (AvgIpc) is 3.24. The van der Waals surface area contributed by atoms with Crippen LogP contribution in [0.3, 0.4) is 0 Å². The lowest BCUT2D eigenvalue weighted by Gasteiger charge is -2.30. The summed E-state index contributed by atoms with van der Waals surface area (Å²) in [6.45, 7) is 14.3. The van der Waals surface area contributed by atoms with Crippen LogP contribution in [0.4, 0.5) is 0 Å². The molecule has 0 spiro atoms. The van der Waals surface area contributed by atoms with Crippen molar-refractivity contribution in [3.05, 3.63) is 59.2 Å². The zero-order chi connectivity index (χ0) is 24.0. The van der Waals surface area contributed by atoms with E-state index in [0.717, 1.165) is 44.5 Å². The highest BCUT2D eigenvalue weighted by Gasteiger charge is 2.43. The van der Waals surface area contributed by atoms with E-state index in [1.165, 1.54) is 11.1 Å². The molecule has 0 heterocycles. The first-order valence-corrected chi connectivity index (χ1v) is 13.0. The second-order valence-electron chi connectivity index (χ2n) is 10.8. The summed E-state index contributed by atoms with van der Waals surface area (Å²) < 4.78 is 0. The predicted octanol–water partition coefficient (Wildman–Crippen LogP) is 4.50. The van der Waals surface area contributed by atoms with E-state index in [2.05, 4.69) is 75.2 Å². The Hall–Kier alpha value is -1.46. The number of benzene rings is 1. The van der Waals surface area contributed by atoms with Gasteiger partial charge in [-0.15, -0.1) is 0 Å². The number of nitrogens with one attached hydrogen (secondary N) is 1. The van der Waals surface area contributed by atoms with E-state index >= 15 is 0 Å². The molecule has 33 heavy (non-hydrogen) atoms. The monoisotopic (exact) mass is 454 g/mol. The summed E-state index contributed by atoms with van der Waals surface area (Å²) in [5.74, 6) is 1.11. The number of hydrogen-bond acceptors (Lipinski definition) is 4. The van der Waals surface area contributed by atoms with Gasteiger partial charge in [-0.05, 0) is 77.8 Å². The first-order valence-electron chi connectivity index (χ1n) is 13.0. The van der Waals surface area contributed by atoms with Crippen molar-refractivity contribution >= 4 is 0 Å². The van der Waals surface area contributed by atoms with Crippen LogP contribution in [0, 0.1) is 24.7 Å². The maximum absolute atomic E-state index is 10.6. The van der Waals surface area contributed by atoms with Crippen molar-refractivity contribution in [2.24, 2.45) is 17.8 Å². The Bertz CT molecular complexity index is 793. The third-order valence-corrected chi connectivity index (χ3v) is 7.53. The number of allylic oxidation sites excluding steroid dienone is 1. The SMILES string of the molecule is Cc1cccc(C[C@H](O)/C=C/[C@@H]2[C@H]3CC(CCNCCN(C(C)C)C(C)C)=C[C@H]3C[C@H]2O)c1. The van der Waals surface area contributed by atoms with Crippen LogP contribution < -0.4 is 5.32 Å². The molecule has 3 rings (SSSR count). The molecule has 1 aromatic carbocycles. The first kappa shape index (κ1) is 26.2. The van der Waals surface area contributed by atoms with E-state index in [4.69, 9.17) is 0 Å². The minimum atomic E-state index is -0.507. The van der Waals surface area contributed by atoms with Crippen molar-refractivity contribution in [3.63, 3.8) is 0 Å². The molecule has 3 N–H and O–H groups in total. The van der Waals surface area contributed by atoms with E-state index in [1.54, 1.807) is 0 Å². The van der Waals surface area contributed by atoms with Crippen LogP contribution in [0.1, 0.15) is 58.1 Å². The van der Waals surface area contributed by atoms with Crippen molar-refractivity contribution in [1.29, 1.82) is 0 Å². The van der Waals surface area contributed by atoms with Crippen LogP contribution in [0.15, 0.2) is 48.1 Å². The summed E-state index contributed by atoms with van der Waals surface area (Å²) in [5, 5.41) is 24.8. The zero-order valence-electron chi connectivity index (χ0n) is 21.4. The molecule has 0 amide bonds. The molecule has 0 aromatic heterocycles. The van der Waals surface area contributed by atoms with Gasteiger partial charge in [0.2, 0.25) is 0 Å². The van der Waals surface area contributed by atoms with Crippen molar-refractivity contribution in [2.45, 2.75) is 84.6 Å². The smallest absolute Gasteiger partial charge is 0.0761 e. The van der Waals surface area contributed by atoms with E-state index in [-0.39, 0.29) is 12.0 Å². The van der Waals surface area contributed by atoms with E-state index in [9.17, 15) is 10.2 Å². The third kappa shape index (κ3) is 7.51. The lowest BCUT2D eigenvalue weighted by molar-refractivity contribution is 0.140. The molecule has 0 saturated heterocycles. The minimum absolute atomic E-state index is 0.148. The van der Waals surface area contributed by atoms with Crippen LogP contribution in [0.25, 0.3) is 0 Å². The average molecular weight is 455 g/mol. The van der Waals surface area contributed by atoms with Gasteiger partial charge in [0.15, 0.2) is 0 Å². The topological polar surface area (TPSA) is 55.7 Å². The highest BCUT2D eigenvalue weighted by Crippen LogP contribution is 2.47. The van der Waals surface area contributed by atoms with E-state index < -0.39 is 6.10 Å². The van der Waals surface area contributed by atoms with Crippen molar-refractivity contribution in [3.8, 4) is 0 Å². The number of aliphatic hydroxyl groups is 2.